The molecule has 30 heavy (non-hydrogen) atoms. The second-order valence-corrected chi connectivity index (χ2v) is 15.2. The van der Waals surface area contributed by atoms with Crippen molar-refractivity contribution in [2.24, 2.45) is 0 Å². The van der Waals surface area contributed by atoms with Crippen LogP contribution in [0.4, 0.5) is 11.4 Å². The van der Waals surface area contributed by atoms with Crippen molar-refractivity contribution in [3.63, 3.8) is 0 Å². The highest BCUT2D eigenvalue weighted by Gasteiger charge is 2.19. The SMILES string of the molecule is C[Si](C)(Cl)CCCCCCCCCCCNC(=O)c1cc([N+](=O)[O-])cc([N+](=O)[O-])c1. The van der Waals surface area contributed by atoms with E-state index in [9.17, 15) is 25.0 Å². The second-order valence-electron chi connectivity index (χ2n) is 8.16. The van der Waals surface area contributed by atoms with Crippen LogP contribution in [0.2, 0.25) is 19.1 Å². The largest absolute Gasteiger partial charge is 0.352 e. The third-order valence-electron chi connectivity index (χ3n) is 4.82. The Hall–Kier alpha value is -2.00. The lowest BCUT2D eigenvalue weighted by molar-refractivity contribution is -0.394. The molecule has 1 amide bonds. The molecule has 10 heteroatoms. The van der Waals surface area contributed by atoms with Crippen LogP contribution in [-0.4, -0.2) is 29.7 Å². The van der Waals surface area contributed by atoms with E-state index in [1.54, 1.807) is 0 Å². The first-order valence-corrected chi connectivity index (χ1v) is 14.7. The predicted molar refractivity (Wildman–Crippen MR) is 122 cm³/mol. The van der Waals surface area contributed by atoms with Gasteiger partial charge in [-0.3, -0.25) is 25.0 Å². The van der Waals surface area contributed by atoms with E-state index < -0.39 is 34.5 Å². The van der Waals surface area contributed by atoms with Gasteiger partial charge in [0.05, 0.1) is 21.5 Å². The Morgan fingerprint density at radius 3 is 1.73 bits per heavy atom. The van der Waals surface area contributed by atoms with Gasteiger partial charge in [-0.05, 0) is 12.5 Å². The van der Waals surface area contributed by atoms with Gasteiger partial charge in [-0.15, -0.1) is 0 Å². The van der Waals surface area contributed by atoms with Crippen molar-refractivity contribution in [3.8, 4) is 0 Å². The second kappa shape index (κ2) is 13.3. The standard InChI is InChI=1S/C20H32ClN3O5Si/c1-30(2,21)13-11-9-7-5-3-4-6-8-10-12-22-20(25)17-14-18(23(26)27)16-19(15-17)24(28)29/h14-16H,3-13H2,1-2H3,(H,22,25). The lowest BCUT2D eigenvalue weighted by atomic mass is 10.1. The van der Waals surface area contributed by atoms with E-state index in [2.05, 4.69) is 18.4 Å². The smallest absolute Gasteiger partial charge is 0.277 e. The molecular formula is C20H32ClN3O5Si. The van der Waals surface area contributed by atoms with E-state index in [1.165, 1.54) is 44.6 Å². The molecule has 0 aliphatic carbocycles. The third kappa shape index (κ3) is 11.3. The van der Waals surface area contributed by atoms with Crippen molar-refractivity contribution < 1.29 is 14.6 Å². The molecule has 0 heterocycles. The number of non-ortho nitro benzene ring substituents is 2. The monoisotopic (exact) mass is 457 g/mol. The van der Waals surface area contributed by atoms with Gasteiger partial charge in [0.25, 0.3) is 17.3 Å². The number of unbranched alkanes of at least 4 members (excludes halogenated alkanes) is 8. The zero-order valence-electron chi connectivity index (χ0n) is 17.8. The van der Waals surface area contributed by atoms with E-state index in [0.29, 0.717) is 6.54 Å². The predicted octanol–water partition coefficient (Wildman–Crippen LogP) is 6.19. The first-order chi connectivity index (χ1) is 14.1. The number of rotatable bonds is 15. The molecule has 0 aromatic heterocycles. The number of hydrogen-bond donors (Lipinski definition) is 1. The Bertz CT molecular complexity index is 693. The number of nitro groups is 2. The quantitative estimate of drug-likeness (QED) is 0.111. The van der Waals surface area contributed by atoms with Gasteiger partial charge >= 0.3 is 0 Å². The molecule has 1 aromatic rings. The normalized spacial score (nSPS) is 11.3. The molecule has 0 spiro atoms. The molecule has 0 unspecified atom stereocenters. The molecular weight excluding hydrogens is 426 g/mol. The maximum atomic E-state index is 12.2. The lowest BCUT2D eigenvalue weighted by Gasteiger charge is -2.11. The highest BCUT2D eigenvalue weighted by molar-refractivity contribution is 7.19. The Balaban J connectivity index is 2.18. The first-order valence-electron chi connectivity index (χ1n) is 10.5. The summed E-state index contributed by atoms with van der Waals surface area (Å²) in [6.07, 6.45) is 10.3. The summed E-state index contributed by atoms with van der Waals surface area (Å²) in [5, 5.41) is 24.5. The molecule has 0 saturated carbocycles. The molecule has 8 nitrogen and oxygen atoms in total. The van der Waals surface area contributed by atoms with Crippen LogP contribution in [0, 0.1) is 20.2 Å². The van der Waals surface area contributed by atoms with Gasteiger partial charge in [0.1, 0.15) is 7.38 Å². The zero-order valence-corrected chi connectivity index (χ0v) is 19.6. The van der Waals surface area contributed by atoms with Crippen LogP contribution in [-0.2, 0) is 0 Å². The van der Waals surface area contributed by atoms with Crippen molar-refractivity contribution in [1.29, 1.82) is 0 Å². The number of nitro benzene ring substituents is 2. The van der Waals surface area contributed by atoms with Gasteiger partial charge in [-0.2, -0.15) is 11.1 Å². The zero-order chi connectivity index (χ0) is 22.6. The van der Waals surface area contributed by atoms with Gasteiger partial charge in [0.2, 0.25) is 0 Å². The molecule has 1 rings (SSSR count). The van der Waals surface area contributed by atoms with Crippen LogP contribution in [0.5, 0.6) is 0 Å². The number of amides is 1. The Morgan fingerprint density at radius 1 is 0.867 bits per heavy atom. The maximum Gasteiger partial charge on any atom is 0.277 e. The molecule has 0 aliphatic heterocycles. The topological polar surface area (TPSA) is 115 Å². The van der Waals surface area contributed by atoms with Crippen molar-refractivity contribution in [2.75, 3.05) is 6.54 Å². The molecule has 0 saturated heterocycles. The first kappa shape index (κ1) is 26.0. The summed E-state index contributed by atoms with van der Waals surface area (Å²) in [6, 6.07) is 4.14. The minimum atomic E-state index is -1.41. The summed E-state index contributed by atoms with van der Waals surface area (Å²) in [7, 11) is -1.41. The highest BCUT2D eigenvalue weighted by Crippen LogP contribution is 2.23. The lowest BCUT2D eigenvalue weighted by Crippen LogP contribution is -2.24. The molecule has 168 valence electrons. The highest BCUT2D eigenvalue weighted by atomic mass is 35.6. The fourth-order valence-electron chi connectivity index (χ4n) is 3.15. The van der Waals surface area contributed by atoms with Crippen LogP contribution in [0.25, 0.3) is 0 Å². The average molecular weight is 458 g/mol. The summed E-state index contributed by atoms with van der Waals surface area (Å²) in [5.74, 6) is -0.537. The van der Waals surface area contributed by atoms with Crippen LogP contribution in [0.1, 0.15) is 68.1 Å². The van der Waals surface area contributed by atoms with Gasteiger partial charge in [-0.25, -0.2) is 0 Å². The number of benzene rings is 1. The summed E-state index contributed by atoms with van der Waals surface area (Å²) < 4.78 is 0. The Labute approximate surface area is 183 Å². The number of carbonyl (C=O) groups is 1. The average Bonchev–Trinajstić information content (AvgIpc) is 2.67. The molecule has 1 N–H and O–H groups in total. The summed E-state index contributed by atoms with van der Waals surface area (Å²) in [6.45, 7) is 4.81. The number of nitrogens with zero attached hydrogens (tertiary/aromatic N) is 2. The summed E-state index contributed by atoms with van der Waals surface area (Å²) >= 11 is 6.31. The summed E-state index contributed by atoms with van der Waals surface area (Å²) in [5.41, 5.74) is -1.01. The fraction of sp³-hybridized carbons (Fsp3) is 0.650. The minimum Gasteiger partial charge on any atom is -0.352 e. The van der Waals surface area contributed by atoms with Gasteiger partial charge in [0.15, 0.2) is 0 Å². The molecule has 0 aliphatic rings. The van der Waals surface area contributed by atoms with Gasteiger partial charge in [-0.1, -0.05) is 64.5 Å². The number of halogens is 1. The fourth-order valence-corrected chi connectivity index (χ4v) is 4.64. The van der Waals surface area contributed by atoms with Crippen LogP contribution < -0.4 is 5.32 Å². The molecule has 0 atom stereocenters. The van der Waals surface area contributed by atoms with E-state index >= 15 is 0 Å². The third-order valence-corrected chi connectivity index (χ3v) is 6.93. The van der Waals surface area contributed by atoms with Gasteiger partial charge in [0, 0.05) is 18.7 Å². The van der Waals surface area contributed by atoms with Crippen LogP contribution in [0.3, 0.4) is 0 Å². The number of nitrogens with one attached hydrogen (secondary N) is 1. The van der Waals surface area contributed by atoms with E-state index in [1.807, 2.05) is 0 Å². The van der Waals surface area contributed by atoms with Crippen LogP contribution >= 0.6 is 11.1 Å². The molecule has 0 bridgehead atoms. The van der Waals surface area contributed by atoms with Crippen LogP contribution in [0.15, 0.2) is 18.2 Å². The van der Waals surface area contributed by atoms with E-state index in [-0.39, 0.29) is 5.56 Å². The molecule has 0 radical (unpaired) electrons. The number of carbonyl (C=O) groups excluding carboxylic acids is 1. The van der Waals surface area contributed by atoms with Crippen molar-refractivity contribution in [1.82, 2.24) is 5.32 Å². The molecule has 1 aromatic carbocycles. The van der Waals surface area contributed by atoms with Crippen molar-refractivity contribution >= 4 is 35.7 Å². The van der Waals surface area contributed by atoms with E-state index in [0.717, 1.165) is 37.5 Å². The van der Waals surface area contributed by atoms with E-state index in [4.69, 9.17) is 11.1 Å². The molecule has 0 fully saturated rings. The Morgan fingerprint density at radius 2 is 1.30 bits per heavy atom. The van der Waals surface area contributed by atoms with Crippen molar-refractivity contribution in [2.45, 2.75) is 76.9 Å². The maximum absolute atomic E-state index is 12.2. The Kier molecular flexibility index (Phi) is 11.6. The van der Waals surface area contributed by atoms with Crippen molar-refractivity contribution in [3.05, 3.63) is 44.0 Å². The minimum absolute atomic E-state index is 0.0730. The number of hydrogen-bond acceptors (Lipinski definition) is 5. The van der Waals surface area contributed by atoms with Gasteiger partial charge < -0.3 is 5.32 Å². The summed E-state index contributed by atoms with van der Waals surface area (Å²) in [4.78, 5) is 32.5.